The number of hydrogen-bond donors (Lipinski definition) is 4. The van der Waals surface area contributed by atoms with Gasteiger partial charge < -0.3 is 20.1 Å². The molecule has 0 bridgehead atoms. The third-order valence-electron chi connectivity index (χ3n) is 4.08. The predicted octanol–water partition coefficient (Wildman–Crippen LogP) is -1.26. The summed E-state index contributed by atoms with van der Waals surface area (Å²) in [5, 5.41) is 29.0. The molecule has 8 heteroatoms. The smallest absolute Gasteiger partial charge is 0.328 e. The number of benzene rings is 1. The first kappa shape index (κ1) is 16.6. The van der Waals surface area contributed by atoms with Crippen LogP contribution in [0.15, 0.2) is 46.1 Å². The maximum absolute atomic E-state index is 12.1. The van der Waals surface area contributed by atoms with Crippen LogP contribution in [0.5, 0.6) is 0 Å². The van der Waals surface area contributed by atoms with E-state index in [1.54, 1.807) is 0 Å². The molecule has 4 N–H and O–H groups in total. The lowest BCUT2D eigenvalue weighted by Crippen LogP contribution is -2.36. The fourth-order valence-corrected chi connectivity index (χ4v) is 2.78. The van der Waals surface area contributed by atoms with E-state index < -0.39 is 42.3 Å². The lowest BCUT2D eigenvalue weighted by Gasteiger charge is -2.15. The molecular weight excluding hydrogens is 316 g/mol. The number of aliphatic hydroxyl groups is 3. The molecule has 0 spiro atoms. The highest BCUT2D eigenvalue weighted by molar-refractivity contribution is 5.18. The van der Waals surface area contributed by atoms with Crippen LogP contribution in [0, 0.1) is 0 Å². The summed E-state index contributed by atoms with van der Waals surface area (Å²) >= 11 is 0. The summed E-state index contributed by atoms with van der Waals surface area (Å²) in [6.45, 7) is -0.255. The Kier molecular flexibility index (Phi) is 4.63. The van der Waals surface area contributed by atoms with Crippen molar-refractivity contribution >= 4 is 0 Å². The summed E-state index contributed by atoms with van der Waals surface area (Å²) in [7, 11) is 0. The second-order valence-electron chi connectivity index (χ2n) is 5.72. The maximum Gasteiger partial charge on any atom is 0.328 e. The van der Waals surface area contributed by atoms with Crippen molar-refractivity contribution in [2.45, 2.75) is 31.0 Å². The molecule has 4 atom stereocenters. The van der Waals surface area contributed by atoms with Gasteiger partial charge in [-0.05, 0) is 5.56 Å². The van der Waals surface area contributed by atoms with Crippen molar-refractivity contribution in [3.63, 3.8) is 0 Å². The number of nitrogens with zero attached hydrogens (tertiary/aromatic N) is 1. The van der Waals surface area contributed by atoms with E-state index in [-0.39, 0.29) is 12.1 Å². The first-order chi connectivity index (χ1) is 11.5. The molecule has 0 aliphatic carbocycles. The van der Waals surface area contributed by atoms with Gasteiger partial charge in [0, 0.05) is 6.20 Å². The highest BCUT2D eigenvalue weighted by Gasteiger charge is 2.44. The van der Waals surface area contributed by atoms with Gasteiger partial charge in [-0.3, -0.25) is 14.3 Å². The number of aromatic nitrogens is 2. The number of rotatable bonds is 4. The minimum Gasteiger partial charge on any atom is -0.394 e. The van der Waals surface area contributed by atoms with Gasteiger partial charge in [0.2, 0.25) is 0 Å². The molecule has 1 aliphatic heterocycles. The Bertz CT molecular complexity index is 815. The van der Waals surface area contributed by atoms with Crippen molar-refractivity contribution in [1.29, 1.82) is 0 Å². The number of hydrogen-bond acceptors (Lipinski definition) is 6. The van der Waals surface area contributed by atoms with E-state index in [1.807, 2.05) is 30.3 Å². The second-order valence-corrected chi connectivity index (χ2v) is 5.72. The summed E-state index contributed by atoms with van der Waals surface area (Å²) in [6.07, 6.45) is -3.48. The van der Waals surface area contributed by atoms with Gasteiger partial charge in [-0.25, -0.2) is 4.79 Å². The Morgan fingerprint density at radius 1 is 1.12 bits per heavy atom. The maximum atomic E-state index is 12.1. The zero-order valence-corrected chi connectivity index (χ0v) is 12.7. The molecule has 1 aromatic heterocycles. The molecule has 2 aromatic rings. The molecule has 24 heavy (non-hydrogen) atoms. The second kappa shape index (κ2) is 6.70. The van der Waals surface area contributed by atoms with Gasteiger partial charge in [0.15, 0.2) is 0 Å². The molecule has 0 radical (unpaired) electrons. The molecule has 128 valence electrons. The molecule has 4 unspecified atom stereocenters. The Balaban J connectivity index is 1.96. The number of H-pyrrole nitrogens is 1. The average molecular weight is 334 g/mol. The van der Waals surface area contributed by atoms with E-state index in [1.165, 1.54) is 10.8 Å². The summed E-state index contributed by atoms with van der Waals surface area (Å²) in [6, 6.07) is 9.19. The van der Waals surface area contributed by atoms with Crippen LogP contribution < -0.4 is 11.2 Å². The van der Waals surface area contributed by atoms with Gasteiger partial charge in [0.1, 0.15) is 24.4 Å². The molecule has 1 aliphatic rings. The zero-order chi connectivity index (χ0) is 17.3. The van der Waals surface area contributed by atoms with E-state index in [0.29, 0.717) is 0 Å². The lowest BCUT2D eigenvalue weighted by molar-refractivity contribution is -0.0233. The van der Waals surface area contributed by atoms with Crippen LogP contribution in [0.3, 0.4) is 0 Å². The topological polar surface area (TPSA) is 125 Å². The van der Waals surface area contributed by atoms with Crippen LogP contribution in [0.4, 0.5) is 0 Å². The number of nitrogens with one attached hydrogen (secondary N) is 1. The van der Waals surface area contributed by atoms with Crippen molar-refractivity contribution in [3.05, 3.63) is 68.5 Å². The molecule has 0 saturated carbocycles. The van der Waals surface area contributed by atoms with E-state index in [0.717, 1.165) is 5.56 Å². The van der Waals surface area contributed by atoms with Crippen LogP contribution >= 0.6 is 0 Å². The van der Waals surface area contributed by atoms with Crippen LogP contribution in [0.2, 0.25) is 0 Å². The van der Waals surface area contributed by atoms with Crippen molar-refractivity contribution in [1.82, 2.24) is 9.55 Å². The fourth-order valence-electron chi connectivity index (χ4n) is 2.78. The molecule has 1 aromatic carbocycles. The molecule has 3 rings (SSSR count). The summed E-state index contributed by atoms with van der Waals surface area (Å²) in [5.74, 6) is 0. The van der Waals surface area contributed by atoms with Crippen LogP contribution in [-0.4, -0.2) is 49.8 Å². The standard InChI is InChI=1S/C16H18N2O6/c19-8-11-12(20)13(21)14(24-11)10-7-18(16(23)17-15(10)22)6-9-4-2-1-3-5-9/h1-5,7,11-14,19-21H,6,8H2,(H,17,22,23). The fraction of sp³-hybridized carbons (Fsp3) is 0.375. The molecule has 1 fully saturated rings. The molecule has 8 nitrogen and oxygen atoms in total. The summed E-state index contributed by atoms with van der Waals surface area (Å²) in [5.41, 5.74) is -0.398. The minimum absolute atomic E-state index is 0.0213. The Hall–Kier alpha value is -2.26. The Labute approximate surface area is 136 Å². The normalized spacial score (nSPS) is 26.6. The Morgan fingerprint density at radius 3 is 2.46 bits per heavy atom. The van der Waals surface area contributed by atoms with Gasteiger partial charge >= 0.3 is 5.69 Å². The molecule has 0 amide bonds. The number of aliphatic hydroxyl groups excluding tert-OH is 3. The first-order valence-corrected chi connectivity index (χ1v) is 7.51. The first-order valence-electron chi connectivity index (χ1n) is 7.51. The van der Waals surface area contributed by atoms with Crippen LogP contribution in [-0.2, 0) is 11.3 Å². The Morgan fingerprint density at radius 2 is 1.83 bits per heavy atom. The highest BCUT2D eigenvalue weighted by atomic mass is 16.6. The van der Waals surface area contributed by atoms with E-state index >= 15 is 0 Å². The molecule has 2 heterocycles. The van der Waals surface area contributed by atoms with Gasteiger partial charge in [0.25, 0.3) is 5.56 Å². The monoisotopic (exact) mass is 334 g/mol. The molecule has 1 saturated heterocycles. The number of aromatic amines is 1. The van der Waals surface area contributed by atoms with Gasteiger partial charge in [-0.2, -0.15) is 0 Å². The van der Waals surface area contributed by atoms with Gasteiger partial charge in [0.05, 0.1) is 18.7 Å². The van der Waals surface area contributed by atoms with Gasteiger partial charge in [-0.1, -0.05) is 30.3 Å². The van der Waals surface area contributed by atoms with Crippen molar-refractivity contribution in [2.75, 3.05) is 6.61 Å². The largest absolute Gasteiger partial charge is 0.394 e. The molecular formula is C16H18N2O6. The van der Waals surface area contributed by atoms with Gasteiger partial charge in [-0.15, -0.1) is 0 Å². The lowest BCUT2D eigenvalue weighted by atomic mass is 10.0. The zero-order valence-electron chi connectivity index (χ0n) is 12.7. The van der Waals surface area contributed by atoms with Crippen molar-refractivity contribution in [2.24, 2.45) is 0 Å². The number of ether oxygens (including phenoxy) is 1. The predicted molar refractivity (Wildman–Crippen MR) is 83.6 cm³/mol. The third-order valence-corrected chi connectivity index (χ3v) is 4.08. The summed E-state index contributed by atoms with van der Waals surface area (Å²) in [4.78, 5) is 26.3. The minimum atomic E-state index is -1.37. The quantitative estimate of drug-likeness (QED) is 0.553. The van der Waals surface area contributed by atoms with Crippen molar-refractivity contribution < 1.29 is 20.1 Å². The van der Waals surface area contributed by atoms with Crippen LogP contribution in [0.25, 0.3) is 0 Å². The average Bonchev–Trinajstić information content (AvgIpc) is 2.86. The summed E-state index contributed by atoms with van der Waals surface area (Å²) < 4.78 is 6.65. The SMILES string of the molecule is O=c1[nH]c(=O)n(Cc2ccccc2)cc1C1OC(CO)C(O)C1O. The highest BCUT2D eigenvalue weighted by Crippen LogP contribution is 2.31. The van der Waals surface area contributed by atoms with E-state index in [9.17, 15) is 19.8 Å². The van der Waals surface area contributed by atoms with E-state index in [2.05, 4.69) is 4.98 Å². The third kappa shape index (κ3) is 3.04. The van der Waals surface area contributed by atoms with Crippen LogP contribution in [0.1, 0.15) is 17.2 Å². The van der Waals surface area contributed by atoms with Crippen molar-refractivity contribution in [3.8, 4) is 0 Å². The van der Waals surface area contributed by atoms with E-state index in [4.69, 9.17) is 9.84 Å².